The zero-order valence-corrected chi connectivity index (χ0v) is 10.5. The van der Waals surface area contributed by atoms with Gasteiger partial charge in [-0.3, -0.25) is 9.78 Å². The lowest BCUT2D eigenvalue weighted by Crippen LogP contribution is -2.31. The van der Waals surface area contributed by atoms with Crippen molar-refractivity contribution in [2.75, 3.05) is 6.54 Å². The third-order valence-corrected chi connectivity index (χ3v) is 3.73. The number of nitrogens with zero attached hydrogens (tertiary/aromatic N) is 1. The van der Waals surface area contributed by atoms with E-state index in [1.807, 2.05) is 6.07 Å². The average molecular weight is 232 g/mol. The van der Waals surface area contributed by atoms with Crippen molar-refractivity contribution in [2.24, 2.45) is 17.6 Å². The lowest BCUT2D eigenvalue weighted by molar-refractivity contribution is -0.125. The van der Waals surface area contributed by atoms with Gasteiger partial charge in [0.15, 0.2) is 0 Å². The molecule has 0 fully saturated rings. The predicted octanol–water partition coefficient (Wildman–Crippen LogP) is 1.91. The highest BCUT2D eigenvalue weighted by Gasteiger charge is 2.34. The largest absolute Gasteiger partial charge is 0.330 e. The lowest BCUT2D eigenvalue weighted by atomic mass is 9.84. The van der Waals surface area contributed by atoms with Crippen LogP contribution in [0, 0.1) is 11.8 Å². The second-order valence-corrected chi connectivity index (χ2v) is 5.13. The van der Waals surface area contributed by atoms with E-state index in [0.29, 0.717) is 12.5 Å². The van der Waals surface area contributed by atoms with Crippen LogP contribution in [-0.4, -0.2) is 17.3 Å². The van der Waals surface area contributed by atoms with Crippen molar-refractivity contribution in [2.45, 2.75) is 32.6 Å². The Morgan fingerprint density at radius 3 is 3.00 bits per heavy atom. The van der Waals surface area contributed by atoms with Crippen molar-refractivity contribution < 1.29 is 4.79 Å². The van der Waals surface area contributed by atoms with Gasteiger partial charge in [0.25, 0.3) is 0 Å². The van der Waals surface area contributed by atoms with Crippen molar-refractivity contribution in [1.82, 2.24) is 4.98 Å². The highest BCUT2D eigenvalue weighted by molar-refractivity contribution is 5.88. The predicted molar refractivity (Wildman–Crippen MR) is 67.7 cm³/mol. The number of Topliss-reactive ketones (excluding diaryl/α,β-unsaturated/α-hetero) is 1. The van der Waals surface area contributed by atoms with Crippen LogP contribution < -0.4 is 5.73 Å². The minimum atomic E-state index is -0.0343. The number of carbonyl (C=O) groups is 1. The molecule has 1 aliphatic rings. The number of pyridine rings is 1. The van der Waals surface area contributed by atoms with Crippen LogP contribution in [0.15, 0.2) is 18.3 Å². The summed E-state index contributed by atoms with van der Waals surface area (Å²) in [7, 11) is 0. The number of aryl methyl sites for hydroxylation is 1. The molecule has 0 aromatic carbocycles. The van der Waals surface area contributed by atoms with Crippen LogP contribution in [0.1, 0.15) is 37.4 Å². The fraction of sp³-hybridized carbons (Fsp3) is 0.571. The van der Waals surface area contributed by atoms with Gasteiger partial charge >= 0.3 is 0 Å². The molecule has 1 heterocycles. The number of hydrogen-bond acceptors (Lipinski definition) is 3. The molecule has 17 heavy (non-hydrogen) atoms. The molecule has 92 valence electrons. The second-order valence-electron chi connectivity index (χ2n) is 5.13. The highest BCUT2D eigenvalue weighted by atomic mass is 16.1. The molecule has 2 atom stereocenters. The Labute approximate surface area is 102 Å². The molecule has 0 radical (unpaired) electrons. The van der Waals surface area contributed by atoms with Crippen LogP contribution in [0.2, 0.25) is 0 Å². The smallest absolute Gasteiger partial charge is 0.146 e. The summed E-state index contributed by atoms with van der Waals surface area (Å²) in [5.41, 5.74) is 7.93. The molecule has 0 bridgehead atoms. The SMILES string of the molecule is CC(C)C(CN)C(=O)C1CCc2cccnc21. The van der Waals surface area contributed by atoms with Crippen LogP contribution in [0.4, 0.5) is 0 Å². The van der Waals surface area contributed by atoms with Crippen LogP contribution >= 0.6 is 0 Å². The minimum absolute atomic E-state index is 0.0258. The van der Waals surface area contributed by atoms with E-state index in [1.54, 1.807) is 6.20 Å². The number of fused-ring (bicyclic) bond motifs is 1. The molecule has 2 N–H and O–H groups in total. The zero-order valence-electron chi connectivity index (χ0n) is 10.5. The first-order valence-corrected chi connectivity index (χ1v) is 6.32. The minimum Gasteiger partial charge on any atom is -0.330 e. The molecule has 0 saturated carbocycles. The number of hydrogen-bond donors (Lipinski definition) is 1. The van der Waals surface area contributed by atoms with Crippen LogP contribution in [-0.2, 0) is 11.2 Å². The summed E-state index contributed by atoms with van der Waals surface area (Å²) in [5, 5.41) is 0. The van der Waals surface area contributed by atoms with Gasteiger partial charge in [0, 0.05) is 18.7 Å². The number of rotatable bonds is 4. The molecular weight excluding hydrogens is 212 g/mol. The second kappa shape index (κ2) is 4.96. The molecule has 2 unspecified atom stereocenters. The first kappa shape index (κ1) is 12.2. The van der Waals surface area contributed by atoms with Crippen molar-refractivity contribution in [3.8, 4) is 0 Å². The van der Waals surface area contributed by atoms with Gasteiger partial charge in [0.05, 0.1) is 11.6 Å². The molecule has 1 aromatic heterocycles. The van der Waals surface area contributed by atoms with Gasteiger partial charge in [-0.2, -0.15) is 0 Å². The van der Waals surface area contributed by atoms with E-state index in [9.17, 15) is 4.79 Å². The maximum Gasteiger partial charge on any atom is 0.146 e. The molecule has 0 spiro atoms. The Kier molecular flexibility index (Phi) is 3.57. The molecule has 0 amide bonds. The van der Waals surface area contributed by atoms with E-state index in [0.717, 1.165) is 18.5 Å². The third kappa shape index (κ3) is 2.25. The topological polar surface area (TPSA) is 56.0 Å². The molecule has 0 saturated heterocycles. The van der Waals surface area contributed by atoms with Crippen molar-refractivity contribution >= 4 is 5.78 Å². The molecule has 1 aromatic rings. The normalized spacial score (nSPS) is 20.4. The molecule has 0 aliphatic heterocycles. The third-order valence-electron chi connectivity index (χ3n) is 3.73. The maximum absolute atomic E-state index is 12.5. The number of ketones is 1. The van der Waals surface area contributed by atoms with Crippen molar-refractivity contribution in [3.05, 3.63) is 29.6 Å². The summed E-state index contributed by atoms with van der Waals surface area (Å²) >= 11 is 0. The monoisotopic (exact) mass is 232 g/mol. The molecule has 3 nitrogen and oxygen atoms in total. The summed E-state index contributed by atoms with van der Waals surface area (Å²) in [6.07, 6.45) is 3.64. The van der Waals surface area contributed by atoms with Gasteiger partial charge in [-0.15, -0.1) is 0 Å². The van der Waals surface area contributed by atoms with E-state index in [1.165, 1.54) is 5.56 Å². The first-order chi connectivity index (χ1) is 8.15. The van der Waals surface area contributed by atoms with Gasteiger partial charge < -0.3 is 5.73 Å². The first-order valence-electron chi connectivity index (χ1n) is 6.32. The quantitative estimate of drug-likeness (QED) is 0.862. The van der Waals surface area contributed by atoms with Gasteiger partial charge in [-0.05, 0) is 30.4 Å². The van der Waals surface area contributed by atoms with Gasteiger partial charge in [-0.25, -0.2) is 0 Å². The zero-order chi connectivity index (χ0) is 12.4. The Bertz CT molecular complexity index is 414. The van der Waals surface area contributed by atoms with E-state index < -0.39 is 0 Å². The van der Waals surface area contributed by atoms with Crippen LogP contribution in [0.25, 0.3) is 0 Å². The van der Waals surface area contributed by atoms with Crippen molar-refractivity contribution in [1.29, 1.82) is 0 Å². The fourth-order valence-electron chi connectivity index (χ4n) is 2.66. The Hall–Kier alpha value is -1.22. The standard InChI is InChI=1S/C14H20N2O/c1-9(2)12(8-15)14(17)11-6-5-10-4-3-7-16-13(10)11/h3-4,7,9,11-12H,5-6,8,15H2,1-2H3. The Morgan fingerprint density at radius 1 is 1.59 bits per heavy atom. The van der Waals surface area contributed by atoms with Crippen LogP contribution in [0.3, 0.4) is 0 Å². The summed E-state index contributed by atoms with van der Waals surface area (Å²) in [6.45, 7) is 4.56. The van der Waals surface area contributed by atoms with E-state index >= 15 is 0 Å². The highest BCUT2D eigenvalue weighted by Crippen LogP contribution is 2.34. The van der Waals surface area contributed by atoms with E-state index in [-0.39, 0.29) is 17.6 Å². The summed E-state index contributed by atoms with van der Waals surface area (Å²) < 4.78 is 0. The number of aromatic nitrogens is 1. The van der Waals surface area contributed by atoms with E-state index in [4.69, 9.17) is 5.73 Å². The van der Waals surface area contributed by atoms with Gasteiger partial charge in [0.1, 0.15) is 5.78 Å². The molecule has 2 rings (SSSR count). The molecular formula is C14H20N2O. The van der Waals surface area contributed by atoms with Crippen LogP contribution in [0.5, 0.6) is 0 Å². The van der Waals surface area contributed by atoms with Gasteiger partial charge in [0.2, 0.25) is 0 Å². The Balaban J connectivity index is 2.23. The summed E-state index contributed by atoms with van der Waals surface area (Å²) in [6, 6.07) is 4.01. The van der Waals surface area contributed by atoms with E-state index in [2.05, 4.69) is 24.9 Å². The maximum atomic E-state index is 12.5. The average Bonchev–Trinajstić information content (AvgIpc) is 2.72. The van der Waals surface area contributed by atoms with Crippen molar-refractivity contribution in [3.63, 3.8) is 0 Å². The summed E-state index contributed by atoms with van der Waals surface area (Å²) in [4.78, 5) is 16.8. The number of carbonyl (C=O) groups excluding carboxylic acids is 1. The number of nitrogens with two attached hydrogens (primary N) is 1. The molecule has 3 heteroatoms. The summed E-state index contributed by atoms with van der Waals surface area (Å²) in [5.74, 6) is 0.523. The Morgan fingerprint density at radius 2 is 2.35 bits per heavy atom. The molecule has 1 aliphatic carbocycles. The lowest BCUT2D eigenvalue weighted by Gasteiger charge is -2.21. The van der Waals surface area contributed by atoms with Gasteiger partial charge in [-0.1, -0.05) is 19.9 Å². The fourth-order valence-corrected chi connectivity index (χ4v) is 2.66.